The Hall–Kier alpha value is -3.36. The zero-order valence-electron chi connectivity index (χ0n) is 15.8. The van der Waals surface area contributed by atoms with Crippen molar-refractivity contribution in [3.05, 3.63) is 65.5 Å². The first-order valence-corrected chi connectivity index (χ1v) is 8.81. The Morgan fingerprint density at radius 1 is 1.17 bits per heavy atom. The maximum absolute atomic E-state index is 12.8. The van der Waals surface area contributed by atoms with Crippen molar-refractivity contribution in [2.75, 3.05) is 18.9 Å². The molecule has 0 unspecified atom stereocenters. The molecule has 3 rings (SSSR count). The second kappa shape index (κ2) is 8.34. The van der Waals surface area contributed by atoms with E-state index in [4.69, 9.17) is 4.52 Å². The highest BCUT2D eigenvalue weighted by Gasteiger charge is 2.30. The fourth-order valence-corrected chi connectivity index (χ4v) is 2.53. The Morgan fingerprint density at radius 2 is 1.90 bits per heavy atom. The molecule has 152 valence electrons. The van der Waals surface area contributed by atoms with Crippen molar-refractivity contribution >= 4 is 11.7 Å². The van der Waals surface area contributed by atoms with E-state index < -0.39 is 17.8 Å². The number of likely N-dealkylation sites (N-methyl/N-ethyl adjacent to an activating group) is 1. The van der Waals surface area contributed by atoms with Crippen molar-refractivity contribution in [2.45, 2.75) is 19.5 Å². The van der Waals surface area contributed by atoms with Crippen LogP contribution in [0.15, 0.2) is 53.1 Å². The van der Waals surface area contributed by atoms with Gasteiger partial charge in [-0.15, -0.1) is 0 Å². The van der Waals surface area contributed by atoms with Crippen LogP contribution in [0, 0.1) is 6.92 Å². The number of amides is 2. The Kier molecular flexibility index (Phi) is 5.86. The van der Waals surface area contributed by atoms with Crippen LogP contribution in [0.4, 0.5) is 23.7 Å². The van der Waals surface area contributed by atoms with E-state index in [-0.39, 0.29) is 12.2 Å². The number of nitrogens with one attached hydrogen (secondary N) is 1. The lowest BCUT2D eigenvalue weighted by Gasteiger charge is -2.17. The van der Waals surface area contributed by atoms with Gasteiger partial charge in [-0.05, 0) is 37.3 Å². The van der Waals surface area contributed by atoms with E-state index in [1.807, 2.05) is 31.2 Å². The maximum Gasteiger partial charge on any atom is 0.416 e. The van der Waals surface area contributed by atoms with E-state index in [2.05, 4.69) is 15.5 Å². The standard InChI is InChI=1S/C20H19F3N4O2/c1-13-6-8-14(9-7-13)18-25-17(26-29-18)10-11-27(2)19(28)24-16-5-3-4-15(12-16)20(21,22)23/h3-9,12H,10-11H2,1-2H3,(H,24,28). The first-order chi connectivity index (χ1) is 13.7. The van der Waals surface area contributed by atoms with Gasteiger partial charge in [-0.3, -0.25) is 0 Å². The van der Waals surface area contributed by atoms with Crippen molar-refractivity contribution in [3.8, 4) is 11.5 Å². The van der Waals surface area contributed by atoms with Crippen LogP contribution in [0.5, 0.6) is 0 Å². The summed E-state index contributed by atoms with van der Waals surface area (Å²) in [6.45, 7) is 2.24. The largest absolute Gasteiger partial charge is 0.416 e. The summed E-state index contributed by atoms with van der Waals surface area (Å²) in [5, 5.41) is 6.35. The molecule has 0 aliphatic rings. The van der Waals surface area contributed by atoms with Crippen LogP contribution in [-0.2, 0) is 12.6 Å². The van der Waals surface area contributed by atoms with Crippen LogP contribution in [0.2, 0.25) is 0 Å². The summed E-state index contributed by atoms with van der Waals surface area (Å²) in [4.78, 5) is 17.9. The predicted octanol–water partition coefficient (Wildman–Crippen LogP) is 4.77. The number of nitrogens with zero attached hydrogens (tertiary/aromatic N) is 3. The second-order valence-corrected chi connectivity index (χ2v) is 6.56. The Bertz CT molecular complexity index is 984. The van der Waals surface area contributed by atoms with E-state index in [1.54, 1.807) is 0 Å². The number of urea groups is 1. The molecule has 0 bridgehead atoms. The van der Waals surface area contributed by atoms with Crippen LogP contribution in [0.3, 0.4) is 0 Å². The van der Waals surface area contributed by atoms with E-state index >= 15 is 0 Å². The maximum atomic E-state index is 12.8. The van der Waals surface area contributed by atoms with Gasteiger partial charge in [-0.25, -0.2) is 4.79 Å². The number of aromatic nitrogens is 2. The molecule has 0 radical (unpaired) electrons. The number of hydrogen-bond donors (Lipinski definition) is 1. The number of hydrogen-bond acceptors (Lipinski definition) is 4. The molecule has 3 aromatic rings. The molecular formula is C20H19F3N4O2. The minimum Gasteiger partial charge on any atom is -0.334 e. The molecule has 0 aliphatic heterocycles. The van der Waals surface area contributed by atoms with Gasteiger partial charge in [-0.2, -0.15) is 18.2 Å². The Morgan fingerprint density at radius 3 is 2.59 bits per heavy atom. The van der Waals surface area contributed by atoms with Gasteiger partial charge in [0, 0.05) is 31.3 Å². The average molecular weight is 404 g/mol. The molecular weight excluding hydrogens is 385 g/mol. The van der Waals surface area contributed by atoms with Crippen molar-refractivity contribution in [3.63, 3.8) is 0 Å². The topological polar surface area (TPSA) is 71.3 Å². The monoisotopic (exact) mass is 404 g/mol. The highest BCUT2D eigenvalue weighted by atomic mass is 19.4. The summed E-state index contributed by atoms with van der Waals surface area (Å²) < 4.78 is 43.5. The number of rotatable bonds is 5. The number of aryl methyl sites for hydroxylation is 1. The molecule has 2 aromatic carbocycles. The van der Waals surface area contributed by atoms with Crippen molar-refractivity contribution in [1.82, 2.24) is 15.0 Å². The Balaban J connectivity index is 1.56. The minimum atomic E-state index is -4.47. The van der Waals surface area contributed by atoms with E-state index in [0.29, 0.717) is 18.1 Å². The van der Waals surface area contributed by atoms with Gasteiger partial charge in [0.05, 0.1) is 5.56 Å². The van der Waals surface area contributed by atoms with Crippen molar-refractivity contribution in [1.29, 1.82) is 0 Å². The van der Waals surface area contributed by atoms with Gasteiger partial charge in [-0.1, -0.05) is 28.9 Å². The number of alkyl halides is 3. The molecule has 29 heavy (non-hydrogen) atoms. The van der Waals surface area contributed by atoms with Crippen LogP contribution in [0.25, 0.3) is 11.5 Å². The highest BCUT2D eigenvalue weighted by molar-refractivity contribution is 5.89. The summed E-state index contributed by atoms with van der Waals surface area (Å²) in [7, 11) is 1.53. The average Bonchev–Trinajstić information content (AvgIpc) is 3.15. The molecule has 6 nitrogen and oxygen atoms in total. The van der Waals surface area contributed by atoms with Crippen molar-refractivity contribution in [2.24, 2.45) is 0 Å². The number of benzene rings is 2. The quantitative estimate of drug-likeness (QED) is 0.665. The van der Waals surface area contributed by atoms with Crippen LogP contribution in [-0.4, -0.2) is 34.7 Å². The zero-order chi connectivity index (χ0) is 21.0. The SMILES string of the molecule is Cc1ccc(-c2nc(CCN(C)C(=O)Nc3cccc(C(F)(F)F)c3)no2)cc1. The molecule has 1 aromatic heterocycles. The summed E-state index contributed by atoms with van der Waals surface area (Å²) in [6, 6.07) is 11.6. The molecule has 1 heterocycles. The number of carbonyl (C=O) groups is 1. The summed E-state index contributed by atoms with van der Waals surface area (Å²) in [5.41, 5.74) is 1.15. The molecule has 0 spiro atoms. The highest BCUT2D eigenvalue weighted by Crippen LogP contribution is 2.30. The molecule has 0 saturated carbocycles. The van der Waals surface area contributed by atoms with Gasteiger partial charge in [0.1, 0.15) is 0 Å². The third kappa shape index (κ3) is 5.34. The van der Waals surface area contributed by atoms with E-state index in [1.165, 1.54) is 24.1 Å². The van der Waals surface area contributed by atoms with Gasteiger partial charge in [0.15, 0.2) is 5.82 Å². The number of carbonyl (C=O) groups excluding carboxylic acids is 1. The fraction of sp³-hybridized carbons (Fsp3) is 0.250. The third-order valence-electron chi connectivity index (χ3n) is 4.23. The smallest absolute Gasteiger partial charge is 0.334 e. The third-order valence-corrected chi connectivity index (χ3v) is 4.23. The van der Waals surface area contributed by atoms with Crippen LogP contribution >= 0.6 is 0 Å². The number of anilines is 1. The molecule has 0 saturated heterocycles. The lowest BCUT2D eigenvalue weighted by molar-refractivity contribution is -0.137. The molecule has 0 atom stereocenters. The first-order valence-electron chi connectivity index (χ1n) is 8.81. The second-order valence-electron chi connectivity index (χ2n) is 6.56. The van der Waals surface area contributed by atoms with Crippen molar-refractivity contribution < 1.29 is 22.5 Å². The minimum absolute atomic E-state index is 0.0675. The van der Waals surface area contributed by atoms with Gasteiger partial charge in [0.2, 0.25) is 0 Å². The molecule has 2 amide bonds. The van der Waals surface area contributed by atoms with Gasteiger partial charge < -0.3 is 14.7 Å². The predicted molar refractivity (Wildman–Crippen MR) is 101 cm³/mol. The van der Waals surface area contributed by atoms with Crippen LogP contribution < -0.4 is 5.32 Å². The zero-order valence-corrected chi connectivity index (χ0v) is 15.8. The normalized spacial score (nSPS) is 11.3. The summed E-state index contributed by atoms with van der Waals surface area (Å²) >= 11 is 0. The molecule has 0 aliphatic carbocycles. The first kappa shape index (κ1) is 20.4. The summed E-state index contributed by atoms with van der Waals surface area (Å²) in [6.07, 6.45) is -4.14. The Labute approximate surface area is 165 Å². The lowest BCUT2D eigenvalue weighted by atomic mass is 10.1. The fourth-order valence-electron chi connectivity index (χ4n) is 2.53. The number of halogens is 3. The lowest BCUT2D eigenvalue weighted by Crippen LogP contribution is -2.33. The summed E-state index contributed by atoms with van der Waals surface area (Å²) in [5.74, 6) is 0.815. The molecule has 9 heteroatoms. The molecule has 1 N–H and O–H groups in total. The van der Waals surface area contributed by atoms with Gasteiger partial charge in [0.25, 0.3) is 5.89 Å². The van der Waals surface area contributed by atoms with Gasteiger partial charge >= 0.3 is 12.2 Å². The van der Waals surface area contributed by atoms with E-state index in [0.717, 1.165) is 23.3 Å². The van der Waals surface area contributed by atoms with Crippen LogP contribution in [0.1, 0.15) is 17.0 Å². The molecule has 0 fully saturated rings. The van der Waals surface area contributed by atoms with E-state index in [9.17, 15) is 18.0 Å².